The van der Waals surface area contributed by atoms with Crippen molar-refractivity contribution >= 4 is 65.7 Å². The molecule has 0 N–H and O–H groups in total. The SMILES string of the molecule is c1ccc2c(c1)oc1cc(-c3ccc(-n4c5ccccc5c5ccc6c7ccccc7oc6c54)cc3)ccc12. The summed E-state index contributed by atoms with van der Waals surface area (Å²) in [4.78, 5) is 0. The predicted octanol–water partition coefficient (Wildman–Crippen LogP) is 10.2. The second kappa shape index (κ2) is 7.62. The van der Waals surface area contributed by atoms with E-state index in [1.165, 1.54) is 10.8 Å². The summed E-state index contributed by atoms with van der Waals surface area (Å²) in [5, 5.41) is 6.98. The predicted molar refractivity (Wildman–Crippen MR) is 161 cm³/mol. The molecule has 182 valence electrons. The summed E-state index contributed by atoms with van der Waals surface area (Å²) in [5.74, 6) is 0. The third-order valence-corrected chi connectivity index (χ3v) is 8.02. The van der Waals surface area contributed by atoms with Gasteiger partial charge < -0.3 is 13.4 Å². The minimum Gasteiger partial charge on any atom is -0.456 e. The van der Waals surface area contributed by atoms with Crippen LogP contribution < -0.4 is 0 Å². The Balaban J connectivity index is 1.25. The zero-order valence-corrected chi connectivity index (χ0v) is 20.9. The first-order chi connectivity index (χ1) is 19.3. The molecule has 0 saturated carbocycles. The van der Waals surface area contributed by atoms with Gasteiger partial charge in [0.25, 0.3) is 0 Å². The average Bonchev–Trinajstić information content (AvgIpc) is 3.66. The van der Waals surface area contributed by atoms with Crippen LogP contribution in [0.2, 0.25) is 0 Å². The van der Waals surface area contributed by atoms with Gasteiger partial charge in [-0.3, -0.25) is 0 Å². The molecule has 0 spiro atoms. The average molecular weight is 500 g/mol. The van der Waals surface area contributed by atoms with Crippen LogP contribution in [0.3, 0.4) is 0 Å². The number of para-hydroxylation sites is 3. The zero-order chi connectivity index (χ0) is 25.5. The molecule has 0 aliphatic rings. The van der Waals surface area contributed by atoms with Crippen molar-refractivity contribution in [3.05, 3.63) is 127 Å². The maximum atomic E-state index is 6.49. The van der Waals surface area contributed by atoms with Gasteiger partial charge in [0, 0.05) is 38.0 Å². The second-order valence-electron chi connectivity index (χ2n) is 10.1. The second-order valence-corrected chi connectivity index (χ2v) is 10.1. The molecule has 3 nitrogen and oxygen atoms in total. The van der Waals surface area contributed by atoms with Gasteiger partial charge in [0.15, 0.2) is 5.58 Å². The van der Waals surface area contributed by atoms with Crippen LogP contribution >= 0.6 is 0 Å². The maximum Gasteiger partial charge on any atom is 0.160 e. The van der Waals surface area contributed by atoms with E-state index in [1.807, 2.05) is 24.3 Å². The lowest BCUT2D eigenvalue weighted by molar-refractivity contribution is 0.669. The van der Waals surface area contributed by atoms with Crippen LogP contribution in [0.25, 0.3) is 82.5 Å². The van der Waals surface area contributed by atoms with Crippen LogP contribution in [-0.4, -0.2) is 4.57 Å². The Labute approximate surface area is 223 Å². The topological polar surface area (TPSA) is 31.2 Å². The lowest BCUT2D eigenvalue weighted by Crippen LogP contribution is -1.94. The molecule has 3 heterocycles. The Hall–Kier alpha value is -5.28. The van der Waals surface area contributed by atoms with E-state index >= 15 is 0 Å². The largest absolute Gasteiger partial charge is 0.456 e. The molecule has 0 radical (unpaired) electrons. The summed E-state index contributed by atoms with van der Waals surface area (Å²) in [7, 11) is 0. The van der Waals surface area contributed by atoms with E-state index in [-0.39, 0.29) is 0 Å². The molecule has 3 heteroatoms. The lowest BCUT2D eigenvalue weighted by atomic mass is 10.0. The summed E-state index contributed by atoms with van der Waals surface area (Å²) >= 11 is 0. The van der Waals surface area contributed by atoms with E-state index in [0.29, 0.717) is 0 Å². The maximum absolute atomic E-state index is 6.49. The van der Waals surface area contributed by atoms with E-state index in [1.54, 1.807) is 0 Å². The first kappa shape index (κ1) is 20.7. The standard InChI is InChI=1S/C36H21NO2/c1-4-10-31-25(7-1)29-19-20-30-27-9-3-6-12-33(27)39-36(30)35(29)37(31)24-16-13-22(14-17-24)23-15-18-28-26-8-2-5-11-32(26)38-34(28)21-23/h1-21H. The van der Waals surface area contributed by atoms with Gasteiger partial charge in [0.1, 0.15) is 16.7 Å². The lowest BCUT2D eigenvalue weighted by Gasteiger charge is -2.10. The number of aromatic nitrogens is 1. The zero-order valence-electron chi connectivity index (χ0n) is 20.9. The Kier molecular flexibility index (Phi) is 4.05. The van der Waals surface area contributed by atoms with E-state index in [2.05, 4.69) is 108 Å². The highest BCUT2D eigenvalue weighted by molar-refractivity contribution is 6.21. The van der Waals surface area contributed by atoms with Crippen LogP contribution in [0.4, 0.5) is 0 Å². The van der Waals surface area contributed by atoms with Crippen molar-refractivity contribution in [2.24, 2.45) is 0 Å². The highest BCUT2D eigenvalue weighted by Crippen LogP contribution is 2.40. The van der Waals surface area contributed by atoms with Crippen molar-refractivity contribution in [3.63, 3.8) is 0 Å². The molecule has 0 saturated heterocycles. The molecule has 0 aliphatic heterocycles. The van der Waals surface area contributed by atoms with Gasteiger partial charge in [-0.2, -0.15) is 0 Å². The summed E-state index contributed by atoms with van der Waals surface area (Å²) in [6.07, 6.45) is 0. The van der Waals surface area contributed by atoms with Crippen molar-refractivity contribution in [3.8, 4) is 16.8 Å². The molecule has 0 amide bonds. The fraction of sp³-hybridized carbons (Fsp3) is 0. The van der Waals surface area contributed by atoms with Crippen molar-refractivity contribution in [2.45, 2.75) is 0 Å². The van der Waals surface area contributed by atoms with Crippen molar-refractivity contribution in [1.82, 2.24) is 4.57 Å². The van der Waals surface area contributed by atoms with Crippen LogP contribution in [0, 0.1) is 0 Å². The Morgan fingerprint density at radius 1 is 0.410 bits per heavy atom. The molecule has 0 atom stereocenters. The van der Waals surface area contributed by atoms with Crippen molar-refractivity contribution in [1.29, 1.82) is 0 Å². The highest BCUT2D eigenvalue weighted by Gasteiger charge is 2.18. The minimum atomic E-state index is 0.910. The van der Waals surface area contributed by atoms with E-state index in [0.717, 1.165) is 71.7 Å². The van der Waals surface area contributed by atoms with Gasteiger partial charge in [-0.25, -0.2) is 0 Å². The van der Waals surface area contributed by atoms with Gasteiger partial charge in [-0.1, -0.05) is 78.9 Å². The van der Waals surface area contributed by atoms with Crippen LogP contribution in [0.5, 0.6) is 0 Å². The Morgan fingerprint density at radius 3 is 1.82 bits per heavy atom. The molecule has 6 aromatic carbocycles. The van der Waals surface area contributed by atoms with E-state index in [4.69, 9.17) is 8.83 Å². The van der Waals surface area contributed by atoms with Gasteiger partial charge in [0.2, 0.25) is 0 Å². The van der Waals surface area contributed by atoms with Gasteiger partial charge in [-0.05, 0) is 59.7 Å². The number of nitrogens with zero attached hydrogens (tertiary/aromatic N) is 1. The van der Waals surface area contributed by atoms with E-state index < -0.39 is 0 Å². The third-order valence-electron chi connectivity index (χ3n) is 8.02. The fourth-order valence-corrected chi connectivity index (χ4v) is 6.21. The number of rotatable bonds is 2. The van der Waals surface area contributed by atoms with Crippen molar-refractivity contribution < 1.29 is 8.83 Å². The molecule has 0 unspecified atom stereocenters. The number of hydrogen-bond acceptors (Lipinski definition) is 2. The number of hydrogen-bond donors (Lipinski definition) is 0. The van der Waals surface area contributed by atoms with Gasteiger partial charge in [-0.15, -0.1) is 0 Å². The molecule has 0 bridgehead atoms. The normalized spacial score (nSPS) is 12.1. The molecule has 39 heavy (non-hydrogen) atoms. The quantitative estimate of drug-likeness (QED) is 0.237. The summed E-state index contributed by atoms with van der Waals surface area (Å²) < 4.78 is 15.0. The Bertz CT molecular complexity index is 2380. The summed E-state index contributed by atoms with van der Waals surface area (Å²) in [6.45, 7) is 0. The van der Waals surface area contributed by atoms with Crippen LogP contribution in [0.15, 0.2) is 136 Å². The molecule has 0 aliphatic carbocycles. The minimum absolute atomic E-state index is 0.910. The summed E-state index contributed by atoms with van der Waals surface area (Å²) in [6, 6.07) is 44.7. The molecule has 0 fully saturated rings. The number of benzene rings is 6. The third kappa shape index (κ3) is 2.87. The molecule has 9 aromatic rings. The molecular weight excluding hydrogens is 478 g/mol. The fourth-order valence-electron chi connectivity index (χ4n) is 6.21. The first-order valence-corrected chi connectivity index (χ1v) is 13.2. The van der Waals surface area contributed by atoms with E-state index in [9.17, 15) is 0 Å². The highest BCUT2D eigenvalue weighted by atomic mass is 16.3. The monoisotopic (exact) mass is 499 g/mol. The first-order valence-electron chi connectivity index (χ1n) is 13.2. The number of furan rings is 2. The van der Waals surface area contributed by atoms with Crippen LogP contribution in [0.1, 0.15) is 0 Å². The smallest absolute Gasteiger partial charge is 0.160 e. The van der Waals surface area contributed by atoms with Gasteiger partial charge in [0.05, 0.1) is 11.0 Å². The van der Waals surface area contributed by atoms with Crippen molar-refractivity contribution in [2.75, 3.05) is 0 Å². The van der Waals surface area contributed by atoms with Gasteiger partial charge >= 0.3 is 0 Å². The molecule has 9 rings (SSSR count). The summed E-state index contributed by atoms with van der Waals surface area (Å²) in [5.41, 5.74) is 9.31. The molecule has 3 aromatic heterocycles. The number of fused-ring (bicyclic) bond motifs is 10. The Morgan fingerprint density at radius 2 is 1.00 bits per heavy atom. The van der Waals surface area contributed by atoms with Crippen LogP contribution in [-0.2, 0) is 0 Å². The molecular formula is C36H21NO2.